The zero-order valence-electron chi connectivity index (χ0n) is 8.29. The van der Waals surface area contributed by atoms with E-state index in [0.29, 0.717) is 6.17 Å². The van der Waals surface area contributed by atoms with Crippen molar-refractivity contribution in [2.75, 3.05) is 6.54 Å². The molecular weight excluding hydrogens is 160 g/mol. The number of hydrogen-bond acceptors (Lipinski definition) is 2. The van der Waals surface area contributed by atoms with E-state index in [1.807, 2.05) is 0 Å². The third-order valence-corrected chi connectivity index (χ3v) is 3.86. The summed E-state index contributed by atoms with van der Waals surface area (Å²) in [5.41, 5.74) is 1.53. The Hall–Kier alpha value is -0.500. The predicted octanol–water partition coefficient (Wildman–Crippen LogP) is 1.69. The van der Waals surface area contributed by atoms with E-state index in [-0.39, 0.29) is 0 Å². The van der Waals surface area contributed by atoms with Gasteiger partial charge in [-0.2, -0.15) is 0 Å². The van der Waals surface area contributed by atoms with Crippen LogP contribution in [0.5, 0.6) is 0 Å². The van der Waals surface area contributed by atoms with Crippen LogP contribution in [0, 0.1) is 5.92 Å². The maximum Gasteiger partial charge on any atom is 0.0823 e. The van der Waals surface area contributed by atoms with Gasteiger partial charge in [-0.1, -0.05) is 13.0 Å². The lowest BCUT2D eigenvalue weighted by molar-refractivity contribution is 0.217. The van der Waals surface area contributed by atoms with Gasteiger partial charge in [0, 0.05) is 12.2 Å². The van der Waals surface area contributed by atoms with E-state index >= 15 is 0 Å². The molecule has 0 saturated carbocycles. The highest BCUT2D eigenvalue weighted by molar-refractivity contribution is 5.20. The second-order valence-electron chi connectivity index (χ2n) is 4.70. The summed E-state index contributed by atoms with van der Waals surface area (Å²) in [5.74, 6) is 0.839. The van der Waals surface area contributed by atoms with E-state index in [4.69, 9.17) is 0 Å². The van der Waals surface area contributed by atoms with Gasteiger partial charge in [0.1, 0.15) is 0 Å². The lowest BCUT2D eigenvalue weighted by atomic mass is 9.99. The molecule has 2 fully saturated rings. The standard InChI is InChI=1S/C11H18N2/c1-8-6-7-13-10-5-3-2-4-9(10)12-11(8)13/h4,8,10-12H,2-3,5-7H2,1H3. The Morgan fingerprint density at radius 3 is 3.31 bits per heavy atom. The van der Waals surface area contributed by atoms with Crippen LogP contribution in [0.3, 0.4) is 0 Å². The Morgan fingerprint density at radius 1 is 1.46 bits per heavy atom. The largest absolute Gasteiger partial charge is 0.372 e. The molecule has 3 atom stereocenters. The van der Waals surface area contributed by atoms with E-state index < -0.39 is 0 Å². The maximum atomic E-state index is 3.69. The van der Waals surface area contributed by atoms with Crippen molar-refractivity contribution in [3.63, 3.8) is 0 Å². The Balaban J connectivity index is 1.88. The van der Waals surface area contributed by atoms with Crippen molar-refractivity contribution in [2.45, 2.75) is 44.8 Å². The molecule has 1 N–H and O–H groups in total. The van der Waals surface area contributed by atoms with Gasteiger partial charge in [-0.15, -0.1) is 0 Å². The molecule has 2 heteroatoms. The fourth-order valence-electron chi connectivity index (χ4n) is 3.08. The second-order valence-corrected chi connectivity index (χ2v) is 4.70. The maximum absolute atomic E-state index is 3.69. The first-order valence-corrected chi connectivity index (χ1v) is 5.58. The van der Waals surface area contributed by atoms with Crippen LogP contribution in [0.4, 0.5) is 0 Å². The summed E-state index contributed by atoms with van der Waals surface area (Å²) in [4.78, 5) is 2.68. The number of rotatable bonds is 0. The molecular formula is C11H18N2. The Morgan fingerprint density at radius 2 is 2.38 bits per heavy atom. The predicted molar refractivity (Wildman–Crippen MR) is 53.1 cm³/mol. The van der Waals surface area contributed by atoms with Gasteiger partial charge in [0.15, 0.2) is 0 Å². The quantitative estimate of drug-likeness (QED) is 0.607. The third kappa shape index (κ3) is 1.05. The number of nitrogens with zero attached hydrogens (tertiary/aromatic N) is 1. The van der Waals surface area contributed by atoms with E-state index in [1.165, 1.54) is 37.9 Å². The normalized spacial score (nSPS) is 43.8. The Bertz CT molecular complexity index is 246. The number of allylic oxidation sites excluding steroid dienone is 1. The van der Waals surface area contributed by atoms with Gasteiger partial charge in [-0.3, -0.25) is 4.90 Å². The minimum atomic E-state index is 0.661. The van der Waals surface area contributed by atoms with Crippen molar-refractivity contribution in [1.29, 1.82) is 0 Å². The first-order valence-electron chi connectivity index (χ1n) is 5.58. The monoisotopic (exact) mass is 178 g/mol. The SMILES string of the molecule is CC1CCN2C3CCCC=C3NC12. The van der Waals surface area contributed by atoms with Crippen LogP contribution in [-0.2, 0) is 0 Å². The average molecular weight is 178 g/mol. The first kappa shape index (κ1) is 7.86. The van der Waals surface area contributed by atoms with Gasteiger partial charge in [-0.05, 0) is 31.6 Å². The molecule has 2 nitrogen and oxygen atoms in total. The number of fused-ring (bicyclic) bond motifs is 3. The summed E-state index contributed by atoms with van der Waals surface area (Å²) in [6.07, 6.45) is 8.50. The summed E-state index contributed by atoms with van der Waals surface area (Å²) in [6, 6.07) is 0.753. The fraction of sp³-hybridized carbons (Fsp3) is 0.818. The lowest BCUT2D eigenvalue weighted by Gasteiger charge is -2.24. The molecule has 2 saturated heterocycles. The van der Waals surface area contributed by atoms with E-state index in [0.717, 1.165) is 12.0 Å². The number of hydrogen-bond donors (Lipinski definition) is 1. The molecule has 0 aromatic heterocycles. The summed E-state index contributed by atoms with van der Waals surface area (Å²) in [7, 11) is 0. The molecule has 1 aliphatic carbocycles. The van der Waals surface area contributed by atoms with Crippen molar-refractivity contribution in [1.82, 2.24) is 10.2 Å². The molecule has 13 heavy (non-hydrogen) atoms. The molecule has 0 radical (unpaired) electrons. The molecule has 0 bridgehead atoms. The Kier molecular flexibility index (Phi) is 1.66. The van der Waals surface area contributed by atoms with Crippen LogP contribution < -0.4 is 5.32 Å². The first-order chi connectivity index (χ1) is 6.36. The van der Waals surface area contributed by atoms with Crippen LogP contribution in [0.1, 0.15) is 32.6 Å². The molecule has 3 unspecified atom stereocenters. The molecule has 72 valence electrons. The van der Waals surface area contributed by atoms with E-state index in [1.54, 1.807) is 0 Å². The van der Waals surface area contributed by atoms with Gasteiger partial charge in [0.2, 0.25) is 0 Å². The molecule has 2 aliphatic heterocycles. The minimum Gasteiger partial charge on any atom is -0.372 e. The van der Waals surface area contributed by atoms with Gasteiger partial charge < -0.3 is 5.32 Å². The van der Waals surface area contributed by atoms with Crippen molar-refractivity contribution in [2.24, 2.45) is 5.92 Å². The van der Waals surface area contributed by atoms with Gasteiger partial charge in [0.05, 0.1) is 12.2 Å². The molecule has 0 aromatic rings. The van der Waals surface area contributed by atoms with Crippen molar-refractivity contribution in [3.05, 3.63) is 11.8 Å². The van der Waals surface area contributed by atoms with Crippen LogP contribution >= 0.6 is 0 Å². The topological polar surface area (TPSA) is 15.3 Å². The molecule has 0 amide bonds. The van der Waals surface area contributed by atoms with E-state index in [9.17, 15) is 0 Å². The van der Waals surface area contributed by atoms with Gasteiger partial charge >= 0.3 is 0 Å². The lowest BCUT2D eigenvalue weighted by Crippen LogP contribution is -2.36. The second kappa shape index (κ2) is 2.74. The van der Waals surface area contributed by atoms with Crippen LogP contribution in [0.15, 0.2) is 11.8 Å². The van der Waals surface area contributed by atoms with Crippen molar-refractivity contribution < 1.29 is 0 Å². The van der Waals surface area contributed by atoms with Crippen molar-refractivity contribution in [3.8, 4) is 0 Å². The van der Waals surface area contributed by atoms with Gasteiger partial charge in [0.25, 0.3) is 0 Å². The zero-order chi connectivity index (χ0) is 8.84. The fourth-order valence-corrected chi connectivity index (χ4v) is 3.08. The van der Waals surface area contributed by atoms with Crippen LogP contribution in [-0.4, -0.2) is 23.7 Å². The minimum absolute atomic E-state index is 0.661. The molecule has 0 spiro atoms. The summed E-state index contributed by atoms with van der Waals surface area (Å²) in [6.45, 7) is 3.68. The highest BCUT2D eigenvalue weighted by Crippen LogP contribution is 2.36. The van der Waals surface area contributed by atoms with Crippen molar-refractivity contribution >= 4 is 0 Å². The number of nitrogens with one attached hydrogen (secondary N) is 1. The molecule has 3 aliphatic rings. The average Bonchev–Trinajstić information content (AvgIpc) is 2.67. The summed E-state index contributed by atoms with van der Waals surface area (Å²) >= 11 is 0. The van der Waals surface area contributed by atoms with Crippen LogP contribution in [0.25, 0.3) is 0 Å². The van der Waals surface area contributed by atoms with Gasteiger partial charge in [-0.25, -0.2) is 0 Å². The van der Waals surface area contributed by atoms with E-state index in [2.05, 4.69) is 23.2 Å². The highest BCUT2D eigenvalue weighted by atomic mass is 15.4. The zero-order valence-corrected chi connectivity index (χ0v) is 8.29. The molecule has 0 aromatic carbocycles. The highest BCUT2D eigenvalue weighted by Gasteiger charge is 2.43. The third-order valence-electron chi connectivity index (χ3n) is 3.86. The smallest absolute Gasteiger partial charge is 0.0823 e. The summed E-state index contributed by atoms with van der Waals surface area (Å²) in [5, 5.41) is 3.69. The Labute approximate surface area is 80.0 Å². The van der Waals surface area contributed by atoms with Crippen LogP contribution in [0.2, 0.25) is 0 Å². The molecule has 3 rings (SSSR count). The summed E-state index contributed by atoms with van der Waals surface area (Å²) < 4.78 is 0. The molecule has 2 heterocycles.